The summed E-state index contributed by atoms with van der Waals surface area (Å²) in [6, 6.07) is 7.68. The summed E-state index contributed by atoms with van der Waals surface area (Å²) < 4.78 is 24.4. The zero-order valence-corrected chi connectivity index (χ0v) is 12.0. The number of hydrogen-bond acceptors (Lipinski definition) is 2. The number of benzene rings is 1. The smallest absolute Gasteiger partial charge is 0.251 e. The second-order valence-electron chi connectivity index (χ2n) is 6.00. The molecule has 2 nitrogen and oxygen atoms in total. The minimum Gasteiger partial charge on any atom is -0.387 e. The van der Waals surface area contributed by atoms with Gasteiger partial charge in [-0.3, -0.25) is 4.90 Å². The Morgan fingerprint density at radius 2 is 1.63 bits per heavy atom. The van der Waals surface area contributed by atoms with Crippen molar-refractivity contribution in [2.45, 2.75) is 38.7 Å². The Bertz CT molecular complexity index is 384. The molecule has 0 fully saturated rings. The van der Waals surface area contributed by atoms with Crippen LogP contribution in [0, 0.1) is 0 Å². The first-order valence-electron chi connectivity index (χ1n) is 6.45. The van der Waals surface area contributed by atoms with Crippen molar-refractivity contribution in [1.82, 2.24) is 4.90 Å². The van der Waals surface area contributed by atoms with Crippen molar-refractivity contribution in [3.8, 4) is 0 Å². The first kappa shape index (κ1) is 16.1. The van der Waals surface area contributed by atoms with Crippen LogP contribution in [-0.4, -0.2) is 36.6 Å². The molecule has 1 N–H and O–H groups in total. The molecule has 0 spiro atoms. The Morgan fingerprint density at radius 1 is 1.11 bits per heavy atom. The van der Waals surface area contributed by atoms with Crippen LogP contribution in [0.25, 0.3) is 0 Å². The monoisotopic (exact) mass is 271 g/mol. The third-order valence-electron chi connectivity index (χ3n) is 3.10. The number of hydrogen-bond donors (Lipinski definition) is 1. The molecule has 0 aliphatic heterocycles. The van der Waals surface area contributed by atoms with Crippen LogP contribution in [0.1, 0.15) is 38.0 Å². The summed E-state index contributed by atoms with van der Waals surface area (Å²) in [5.74, 6) is 0. The van der Waals surface area contributed by atoms with Crippen LogP contribution < -0.4 is 0 Å². The van der Waals surface area contributed by atoms with Gasteiger partial charge in [-0.25, -0.2) is 8.78 Å². The summed E-state index contributed by atoms with van der Waals surface area (Å²) in [6.45, 7) is 6.24. The van der Waals surface area contributed by atoms with Crippen LogP contribution in [0.3, 0.4) is 0 Å². The summed E-state index contributed by atoms with van der Waals surface area (Å²) in [7, 11) is 1.58. The highest BCUT2D eigenvalue weighted by atomic mass is 19.3. The molecule has 4 heteroatoms. The molecule has 0 saturated heterocycles. The van der Waals surface area contributed by atoms with Crippen molar-refractivity contribution in [3.63, 3.8) is 0 Å². The van der Waals surface area contributed by atoms with E-state index >= 15 is 0 Å². The lowest BCUT2D eigenvalue weighted by Gasteiger charge is -2.22. The van der Waals surface area contributed by atoms with Gasteiger partial charge in [0.1, 0.15) is 0 Å². The Hall–Kier alpha value is -1.00. The van der Waals surface area contributed by atoms with Gasteiger partial charge in [0.15, 0.2) is 0 Å². The molecule has 1 aromatic rings. The number of halogens is 2. The highest BCUT2D eigenvalue weighted by molar-refractivity contribution is 5.28. The van der Waals surface area contributed by atoms with E-state index in [-0.39, 0.29) is 18.5 Å². The Balaban J connectivity index is 2.65. The van der Waals surface area contributed by atoms with Crippen LogP contribution >= 0.6 is 0 Å². The van der Waals surface area contributed by atoms with E-state index in [1.807, 2.05) is 24.3 Å². The van der Waals surface area contributed by atoms with Gasteiger partial charge in [0, 0.05) is 6.54 Å². The minimum atomic E-state index is -2.37. The Morgan fingerprint density at radius 3 is 2.05 bits per heavy atom. The number of likely N-dealkylation sites (N-methyl/N-ethyl adjacent to an activating group) is 1. The minimum absolute atomic E-state index is 0.0654. The fourth-order valence-electron chi connectivity index (χ4n) is 1.92. The van der Waals surface area contributed by atoms with E-state index < -0.39 is 12.5 Å². The Kier molecular flexibility index (Phi) is 5.44. The van der Waals surface area contributed by atoms with Gasteiger partial charge < -0.3 is 5.11 Å². The molecule has 0 amide bonds. The molecule has 0 aliphatic rings. The van der Waals surface area contributed by atoms with E-state index in [4.69, 9.17) is 0 Å². The molecule has 1 rings (SSSR count). The predicted molar refractivity (Wildman–Crippen MR) is 73.6 cm³/mol. The molecule has 0 radical (unpaired) electrons. The van der Waals surface area contributed by atoms with Gasteiger partial charge in [0.2, 0.25) is 0 Å². The van der Waals surface area contributed by atoms with Gasteiger partial charge in [0.25, 0.3) is 6.43 Å². The van der Waals surface area contributed by atoms with Crippen LogP contribution in [0.5, 0.6) is 0 Å². The molecule has 1 unspecified atom stereocenters. The second-order valence-corrected chi connectivity index (χ2v) is 6.00. The summed E-state index contributed by atoms with van der Waals surface area (Å²) in [5, 5.41) is 10.0. The molecule has 0 aliphatic carbocycles. The highest BCUT2D eigenvalue weighted by Gasteiger charge is 2.16. The predicted octanol–water partition coefficient (Wildman–Crippen LogP) is 3.21. The van der Waals surface area contributed by atoms with Gasteiger partial charge in [-0.15, -0.1) is 0 Å². The second kappa shape index (κ2) is 6.44. The molecule has 108 valence electrons. The van der Waals surface area contributed by atoms with E-state index in [9.17, 15) is 13.9 Å². The molecular formula is C15H23F2NO. The van der Waals surface area contributed by atoms with Crippen LogP contribution in [-0.2, 0) is 5.41 Å². The number of rotatable bonds is 5. The molecule has 0 aromatic heterocycles. The average molecular weight is 271 g/mol. The summed E-state index contributed by atoms with van der Waals surface area (Å²) >= 11 is 0. The van der Waals surface area contributed by atoms with Gasteiger partial charge in [-0.05, 0) is 23.6 Å². The van der Waals surface area contributed by atoms with Crippen molar-refractivity contribution >= 4 is 0 Å². The zero-order valence-electron chi connectivity index (χ0n) is 12.0. The van der Waals surface area contributed by atoms with Crippen molar-refractivity contribution in [2.24, 2.45) is 0 Å². The van der Waals surface area contributed by atoms with Gasteiger partial charge in [-0.2, -0.15) is 0 Å². The molecule has 0 heterocycles. The maximum atomic E-state index is 12.2. The molecule has 19 heavy (non-hydrogen) atoms. The molecule has 1 aromatic carbocycles. The van der Waals surface area contributed by atoms with Crippen molar-refractivity contribution in [3.05, 3.63) is 35.4 Å². The normalized spacial score (nSPS) is 14.2. The quantitative estimate of drug-likeness (QED) is 0.889. The highest BCUT2D eigenvalue weighted by Crippen LogP contribution is 2.24. The zero-order chi connectivity index (χ0) is 14.6. The van der Waals surface area contributed by atoms with Gasteiger partial charge >= 0.3 is 0 Å². The Labute approximate surface area is 114 Å². The van der Waals surface area contributed by atoms with Crippen LogP contribution in [0.15, 0.2) is 24.3 Å². The maximum Gasteiger partial charge on any atom is 0.251 e. The maximum absolute atomic E-state index is 12.2. The summed E-state index contributed by atoms with van der Waals surface area (Å²) in [4.78, 5) is 1.44. The molecule has 0 saturated carbocycles. The summed E-state index contributed by atoms with van der Waals surface area (Å²) in [5.41, 5.74) is 2.01. The van der Waals surface area contributed by atoms with Crippen LogP contribution in [0.2, 0.25) is 0 Å². The lowest BCUT2D eigenvalue weighted by Crippen LogP contribution is -2.29. The van der Waals surface area contributed by atoms with Crippen molar-refractivity contribution in [1.29, 1.82) is 0 Å². The lowest BCUT2D eigenvalue weighted by atomic mass is 9.86. The van der Waals surface area contributed by atoms with Gasteiger partial charge in [-0.1, -0.05) is 45.0 Å². The largest absolute Gasteiger partial charge is 0.387 e. The fourth-order valence-corrected chi connectivity index (χ4v) is 1.92. The van der Waals surface area contributed by atoms with Gasteiger partial charge in [0.05, 0.1) is 12.6 Å². The van der Waals surface area contributed by atoms with Crippen LogP contribution in [0.4, 0.5) is 8.78 Å². The lowest BCUT2D eigenvalue weighted by molar-refractivity contribution is 0.0680. The van der Waals surface area contributed by atoms with E-state index in [0.717, 1.165) is 5.56 Å². The number of aliphatic hydroxyl groups is 1. The first-order valence-corrected chi connectivity index (χ1v) is 6.45. The van der Waals surface area contributed by atoms with Crippen molar-refractivity contribution < 1.29 is 13.9 Å². The van der Waals surface area contributed by atoms with E-state index in [1.165, 1.54) is 10.5 Å². The summed E-state index contributed by atoms with van der Waals surface area (Å²) in [6.07, 6.45) is -3.11. The molecule has 1 atom stereocenters. The standard InChI is InChI=1S/C15H23F2NO/c1-15(2,3)12-7-5-11(6-8-12)13(19)9-18(4)10-14(16)17/h5-8,13-14,19H,9-10H2,1-4H3. The average Bonchev–Trinajstić information content (AvgIpc) is 2.26. The third-order valence-corrected chi connectivity index (χ3v) is 3.10. The first-order chi connectivity index (χ1) is 8.70. The van der Waals surface area contributed by atoms with E-state index in [1.54, 1.807) is 7.05 Å². The van der Waals surface area contributed by atoms with E-state index in [2.05, 4.69) is 20.8 Å². The molecule has 0 bridgehead atoms. The third kappa shape index (κ3) is 5.25. The number of nitrogens with zero attached hydrogens (tertiary/aromatic N) is 1. The fraction of sp³-hybridized carbons (Fsp3) is 0.600. The van der Waals surface area contributed by atoms with Crippen molar-refractivity contribution in [2.75, 3.05) is 20.1 Å². The van der Waals surface area contributed by atoms with E-state index in [0.29, 0.717) is 0 Å². The molecular weight excluding hydrogens is 248 g/mol. The SMILES string of the molecule is CN(CC(F)F)CC(O)c1ccc(C(C)(C)C)cc1. The number of alkyl halides is 2. The number of aliphatic hydroxyl groups excluding tert-OH is 1. The topological polar surface area (TPSA) is 23.5 Å².